The normalized spacial score (nSPS) is 11.7. The molecule has 2 heterocycles. The molecule has 0 bridgehead atoms. The maximum atomic E-state index is 12.7. The van der Waals surface area contributed by atoms with Crippen LogP contribution in [0.25, 0.3) is 11.0 Å². The first-order valence-electron chi connectivity index (χ1n) is 7.57. The molecule has 0 atom stereocenters. The molecule has 0 aliphatic heterocycles. The van der Waals surface area contributed by atoms with Crippen molar-refractivity contribution in [1.29, 1.82) is 0 Å². The van der Waals surface area contributed by atoms with Crippen LogP contribution in [0.15, 0.2) is 35.6 Å². The lowest BCUT2D eigenvalue weighted by molar-refractivity contribution is -0.0497. The summed E-state index contributed by atoms with van der Waals surface area (Å²) in [7, 11) is -1.12. The second-order valence-corrected chi connectivity index (χ2v) is 7.26. The van der Waals surface area contributed by atoms with E-state index in [0.717, 1.165) is 0 Å². The average molecular weight is 399 g/mol. The Morgan fingerprint density at radius 3 is 2.63 bits per heavy atom. The zero-order valence-electron chi connectivity index (χ0n) is 14.3. The molecular formula is C16H15F2N3O5S. The third kappa shape index (κ3) is 3.92. The number of pyridine rings is 1. The molecular weight excluding hydrogens is 384 g/mol. The van der Waals surface area contributed by atoms with Crippen molar-refractivity contribution in [2.45, 2.75) is 17.5 Å². The quantitative estimate of drug-likeness (QED) is 0.651. The number of nitrogens with zero attached hydrogens (tertiary/aromatic N) is 2. The molecule has 0 saturated carbocycles. The molecule has 11 heteroatoms. The SMILES string of the molecule is COc1ccnc(CS(=O)(=O)c2nc3ccc(OC(F)F)cc3[nH]2)c1OC. The van der Waals surface area contributed by atoms with E-state index in [1.54, 1.807) is 6.07 Å². The van der Waals surface area contributed by atoms with Gasteiger partial charge in [-0.2, -0.15) is 8.78 Å². The lowest BCUT2D eigenvalue weighted by atomic mass is 10.3. The number of hydrogen-bond donors (Lipinski definition) is 1. The number of H-pyrrole nitrogens is 1. The summed E-state index contributed by atoms with van der Waals surface area (Å²) in [5.74, 6) is -0.0576. The first-order chi connectivity index (χ1) is 12.8. The second kappa shape index (κ2) is 7.35. The van der Waals surface area contributed by atoms with E-state index in [0.29, 0.717) is 11.3 Å². The van der Waals surface area contributed by atoms with Crippen LogP contribution in [-0.2, 0) is 15.6 Å². The van der Waals surface area contributed by atoms with Gasteiger partial charge in [-0.05, 0) is 12.1 Å². The molecule has 0 radical (unpaired) electrons. The first-order valence-corrected chi connectivity index (χ1v) is 9.22. The third-order valence-corrected chi connectivity index (χ3v) is 5.08. The summed E-state index contributed by atoms with van der Waals surface area (Å²) in [4.78, 5) is 10.7. The third-order valence-electron chi connectivity index (χ3n) is 3.64. The van der Waals surface area contributed by atoms with Crippen molar-refractivity contribution < 1.29 is 31.4 Å². The van der Waals surface area contributed by atoms with E-state index in [1.165, 1.54) is 38.6 Å². The predicted octanol–water partition coefficient (Wildman–Crippen LogP) is 2.55. The molecule has 1 N–H and O–H groups in total. The van der Waals surface area contributed by atoms with E-state index >= 15 is 0 Å². The van der Waals surface area contributed by atoms with Gasteiger partial charge in [0.05, 0.1) is 25.3 Å². The Kier molecular flexibility index (Phi) is 5.13. The Bertz CT molecular complexity index is 1070. The number of halogens is 2. The summed E-state index contributed by atoms with van der Waals surface area (Å²) in [6.45, 7) is -2.99. The topological polar surface area (TPSA) is 103 Å². The van der Waals surface area contributed by atoms with Crippen LogP contribution in [0.3, 0.4) is 0 Å². The van der Waals surface area contributed by atoms with Gasteiger partial charge in [0.2, 0.25) is 15.0 Å². The van der Waals surface area contributed by atoms with Crippen molar-refractivity contribution in [3.8, 4) is 17.2 Å². The van der Waals surface area contributed by atoms with E-state index in [9.17, 15) is 17.2 Å². The van der Waals surface area contributed by atoms with Gasteiger partial charge in [-0.25, -0.2) is 13.4 Å². The van der Waals surface area contributed by atoms with Gasteiger partial charge in [-0.15, -0.1) is 0 Å². The number of alkyl halides is 2. The minimum Gasteiger partial charge on any atom is -0.493 e. The fraction of sp³-hybridized carbons (Fsp3) is 0.250. The molecule has 0 saturated heterocycles. The maximum absolute atomic E-state index is 12.7. The summed E-state index contributed by atoms with van der Waals surface area (Å²) in [5.41, 5.74) is 0.692. The molecule has 0 unspecified atom stereocenters. The Hall–Kier alpha value is -2.95. The van der Waals surface area contributed by atoms with Crippen LogP contribution in [0.4, 0.5) is 8.78 Å². The molecule has 2 aromatic heterocycles. The minimum atomic E-state index is -3.92. The Morgan fingerprint density at radius 1 is 1.19 bits per heavy atom. The van der Waals surface area contributed by atoms with Gasteiger partial charge in [-0.3, -0.25) is 4.98 Å². The highest BCUT2D eigenvalue weighted by Gasteiger charge is 2.24. The molecule has 0 amide bonds. The molecule has 0 aliphatic carbocycles. The molecule has 0 fully saturated rings. The van der Waals surface area contributed by atoms with E-state index in [4.69, 9.17) is 9.47 Å². The predicted molar refractivity (Wildman–Crippen MR) is 91.0 cm³/mol. The first kappa shape index (κ1) is 18.8. The van der Waals surface area contributed by atoms with Crippen LogP contribution in [-0.4, -0.2) is 44.2 Å². The van der Waals surface area contributed by atoms with Crippen LogP contribution >= 0.6 is 0 Å². The number of hydrogen-bond acceptors (Lipinski definition) is 7. The van der Waals surface area contributed by atoms with Crippen LogP contribution in [0.5, 0.6) is 17.2 Å². The van der Waals surface area contributed by atoms with Crippen LogP contribution in [0, 0.1) is 0 Å². The summed E-state index contributed by atoms with van der Waals surface area (Å²) in [6, 6.07) is 5.45. The Labute approximate surface area is 153 Å². The van der Waals surface area contributed by atoms with Crippen molar-refractivity contribution in [3.63, 3.8) is 0 Å². The minimum absolute atomic E-state index is 0.110. The number of imidazole rings is 1. The smallest absolute Gasteiger partial charge is 0.387 e. The number of aromatic amines is 1. The zero-order chi connectivity index (χ0) is 19.6. The lowest BCUT2D eigenvalue weighted by Gasteiger charge is -2.11. The largest absolute Gasteiger partial charge is 0.493 e. The van der Waals surface area contributed by atoms with E-state index in [-0.39, 0.29) is 27.9 Å². The molecule has 1 aromatic carbocycles. The van der Waals surface area contributed by atoms with Gasteiger partial charge in [0.15, 0.2) is 11.5 Å². The number of nitrogens with one attached hydrogen (secondary N) is 1. The summed E-state index contributed by atoms with van der Waals surface area (Å²) < 4.78 is 64.7. The van der Waals surface area contributed by atoms with Gasteiger partial charge >= 0.3 is 6.61 Å². The molecule has 3 rings (SSSR count). The van der Waals surface area contributed by atoms with Crippen molar-refractivity contribution in [2.24, 2.45) is 0 Å². The summed E-state index contributed by atoms with van der Waals surface area (Å²) in [6.07, 6.45) is 1.40. The molecule has 3 aromatic rings. The van der Waals surface area contributed by atoms with Crippen LogP contribution < -0.4 is 14.2 Å². The average Bonchev–Trinajstić information content (AvgIpc) is 3.05. The molecule has 8 nitrogen and oxygen atoms in total. The molecule has 0 aliphatic rings. The number of aromatic nitrogens is 3. The highest BCUT2D eigenvalue weighted by Crippen LogP contribution is 2.31. The van der Waals surface area contributed by atoms with Crippen molar-refractivity contribution >= 4 is 20.9 Å². The molecule has 144 valence electrons. The summed E-state index contributed by atoms with van der Waals surface area (Å²) in [5, 5.41) is -0.321. The summed E-state index contributed by atoms with van der Waals surface area (Å²) >= 11 is 0. The number of fused-ring (bicyclic) bond motifs is 1. The fourth-order valence-corrected chi connectivity index (χ4v) is 3.70. The number of ether oxygens (including phenoxy) is 3. The molecule has 27 heavy (non-hydrogen) atoms. The van der Waals surface area contributed by atoms with Gasteiger partial charge in [0.1, 0.15) is 17.2 Å². The number of sulfone groups is 1. The van der Waals surface area contributed by atoms with Gasteiger partial charge in [0.25, 0.3) is 0 Å². The van der Waals surface area contributed by atoms with Crippen molar-refractivity contribution in [2.75, 3.05) is 14.2 Å². The van der Waals surface area contributed by atoms with Gasteiger partial charge < -0.3 is 19.2 Å². The maximum Gasteiger partial charge on any atom is 0.387 e. The fourth-order valence-electron chi connectivity index (χ4n) is 2.49. The molecule has 0 spiro atoms. The zero-order valence-corrected chi connectivity index (χ0v) is 15.1. The monoisotopic (exact) mass is 399 g/mol. The Morgan fingerprint density at radius 2 is 1.96 bits per heavy atom. The van der Waals surface area contributed by atoms with Gasteiger partial charge in [-0.1, -0.05) is 0 Å². The highest BCUT2D eigenvalue weighted by atomic mass is 32.2. The second-order valence-electron chi connectivity index (χ2n) is 5.35. The van der Waals surface area contributed by atoms with E-state index < -0.39 is 22.2 Å². The van der Waals surface area contributed by atoms with Crippen LogP contribution in [0.2, 0.25) is 0 Å². The Balaban J connectivity index is 1.96. The standard InChI is InChI=1S/C16H15F2N3O5S/c1-24-13-5-6-19-12(14(13)25-2)8-27(22,23)16-20-10-4-3-9(26-15(17)18)7-11(10)21-16/h3-7,15H,8H2,1-2H3,(H,20,21). The van der Waals surface area contributed by atoms with Crippen molar-refractivity contribution in [3.05, 3.63) is 36.2 Å². The van der Waals surface area contributed by atoms with E-state index in [2.05, 4.69) is 19.7 Å². The number of methoxy groups -OCH3 is 2. The van der Waals surface area contributed by atoms with E-state index in [1.807, 2.05) is 0 Å². The highest BCUT2D eigenvalue weighted by molar-refractivity contribution is 7.90. The lowest BCUT2D eigenvalue weighted by Crippen LogP contribution is -2.10. The van der Waals surface area contributed by atoms with Crippen molar-refractivity contribution in [1.82, 2.24) is 15.0 Å². The van der Waals surface area contributed by atoms with Crippen LogP contribution in [0.1, 0.15) is 5.69 Å². The van der Waals surface area contributed by atoms with Gasteiger partial charge in [0, 0.05) is 18.3 Å². The number of benzene rings is 1. The number of rotatable bonds is 7.